The van der Waals surface area contributed by atoms with Crippen LogP contribution in [-0.2, 0) is 0 Å². The molecule has 0 unspecified atom stereocenters. The zero-order chi connectivity index (χ0) is 13.0. The molecule has 1 aliphatic heterocycles. The molecule has 0 bridgehead atoms. The molecule has 2 heterocycles. The van der Waals surface area contributed by atoms with Crippen LogP contribution < -0.4 is 4.74 Å². The molecule has 0 aromatic carbocycles. The van der Waals surface area contributed by atoms with Crippen LogP contribution in [0, 0.1) is 11.3 Å². The van der Waals surface area contributed by atoms with Gasteiger partial charge in [0.05, 0.1) is 0 Å². The van der Waals surface area contributed by atoms with Crippen LogP contribution >= 0.6 is 0 Å². The fourth-order valence-electron chi connectivity index (χ4n) is 1.90. The predicted molar refractivity (Wildman–Crippen MR) is 62.2 cm³/mol. The maximum Gasteiger partial charge on any atom is 0.407 e. The Bertz CT molecular complexity index is 476. The molecular weight excluding hydrogens is 234 g/mol. The van der Waals surface area contributed by atoms with E-state index in [4.69, 9.17) is 15.1 Å². The summed E-state index contributed by atoms with van der Waals surface area (Å²) in [7, 11) is 0. The predicted octanol–water partition coefficient (Wildman–Crippen LogP) is 1.47. The van der Waals surface area contributed by atoms with E-state index >= 15 is 0 Å². The van der Waals surface area contributed by atoms with Gasteiger partial charge in [0.2, 0.25) is 0 Å². The lowest BCUT2D eigenvalue weighted by Gasteiger charge is -2.30. The van der Waals surface area contributed by atoms with Gasteiger partial charge in [0.25, 0.3) is 0 Å². The van der Waals surface area contributed by atoms with Gasteiger partial charge in [0.15, 0.2) is 0 Å². The lowest BCUT2D eigenvalue weighted by molar-refractivity contribution is 0.0894. The molecule has 0 radical (unpaired) electrons. The number of pyridine rings is 1. The van der Waals surface area contributed by atoms with Crippen molar-refractivity contribution in [2.45, 2.75) is 18.9 Å². The molecule has 18 heavy (non-hydrogen) atoms. The van der Waals surface area contributed by atoms with Crippen molar-refractivity contribution in [1.29, 1.82) is 5.26 Å². The lowest BCUT2D eigenvalue weighted by atomic mass is 10.1. The minimum absolute atomic E-state index is 0.00505. The molecule has 2 rings (SSSR count). The number of carbonyl (C=O) groups is 1. The van der Waals surface area contributed by atoms with E-state index in [0.717, 1.165) is 0 Å². The number of rotatable bonds is 2. The van der Waals surface area contributed by atoms with Gasteiger partial charge in [0.1, 0.15) is 23.6 Å². The molecule has 6 nitrogen and oxygen atoms in total. The summed E-state index contributed by atoms with van der Waals surface area (Å²) in [6.07, 6.45) is 1.96. The Labute approximate surface area is 104 Å². The normalized spacial score (nSPS) is 16.1. The number of hydrogen-bond acceptors (Lipinski definition) is 4. The van der Waals surface area contributed by atoms with Gasteiger partial charge in [-0.05, 0) is 6.07 Å². The second-order valence-electron chi connectivity index (χ2n) is 4.08. The molecule has 1 fully saturated rings. The molecule has 1 saturated heterocycles. The average molecular weight is 247 g/mol. The van der Waals surface area contributed by atoms with Gasteiger partial charge in [-0.1, -0.05) is 0 Å². The Morgan fingerprint density at radius 3 is 2.89 bits per heavy atom. The highest BCUT2D eigenvalue weighted by atomic mass is 16.5. The van der Waals surface area contributed by atoms with E-state index in [1.807, 2.05) is 6.07 Å². The fourth-order valence-corrected chi connectivity index (χ4v) is 1.90. The van der Waals surface area contributed by atoms with E-state index in [-0.39, 0.29) is 6.10 Å². The number of ether oxygens (including phenoxy) is 1. The topological polar surface area (TPSA) is 86.5 Å². The van der Waals surface area contributed by atoms with Gasteiger partial charge < -0.3 is 14.7 Å². The van der Waals surface area contributed by atoms with E-state index in [2.05, 4.69) is 4.98 Å². The first-order chi connectivity index (χ1) is 8.69. The summed E-state index contributed by atoms with van der Waals surface area (Å²) in [4.78, 5) is 16.0. The SMILES string of the molecule is N#Cc1cc(OC2CCN(C(=O)O)CC2)ccn1. The van der Waals surface area contributed by atoms with Gasteiger partial charge >= 0.3 is 6.09 Å². The van der Waals surface area contributed by atoms with Gasteiger partial charge in [-0.2, -0.15) is 5.26 Å². The number of nitriles is 1. The third-order valence-electron chi connectivity index (χ3n) is 2.86. The molecule has 1 aliphatic rings. The Morgan fingerprint density at radius 2 is 2.28 bits per heavy atom. The number of nitrogens with zero attached hydrogens (tertiary/aromatic N) is 3. The molecule has 6 heteroatoms. The average Bonchev–Trinajstić information content (AvgIpc) is 2.39. The molecule has 0 aliphatic carbocycles. The van der Waals surface area contributed by atoms with Crippen LogP contribution in [0.3, 0.4) is 0 Å². The zero-order valence-corrected chi connectivity index (χ0v) is 9.74. The summed E-state index contributed by atoms with van der Waals surface area (Å²) in [5.41, 5.74) is 0.315. The zero-order valence-electron chi connectivity index (χ0n) is 9.74. The van der Waals surface area contributed by atoms with Crippen molar-refractivity contribution in [3.63, 3.8) is 0 Å². The monoisotopic (exact) mass is 247 g/mol. The molecule has 94 valence electrons. The van der Waals surface area contributed by atoms with Crippen molar-refractivity contribution < 1.29 is 14.6 Å². The molecule has 1 N–H and O–H groups in total. The first-order valence-electron chi connectivity index (χ1n) is 5.69. The van der Waals surface area contributed by atoms with Crippen LogP contribution in [0.5, 0.6) is 5.75 Å². The summed E-state index contributed by atoms with van der Waals surface area (Å²) in [5, 5.41) is 17.5. The van der Waals surface area contributed by atoms with Crippen molar-refractivity contribution in [3.8, 4) is 11.8 Å². The van der Waals surface area contributed by atoms with Crippen molar-refractivity contribution in [2.75, 3.05) is 13.1 Å². The van der Waals surface area contributed by atoms with Crippen molar-refractivity contribution >= 4 is 6.09 Å². The standard InChI is InChI=1S/C12H13N3O3/c13-8-9-7-11(1-4-14-9)18-10-2-5-15(6-3-10)12(16)17/h1,4,7,10H,2-3,5-6H2,(H,16,17). The highest BCUT2D eigenvalue weighted by Gasteiger charge is 2.23. The number of piperidine rings is 1. The summed E-state index contributed by atoms with van der Waals surface area (Å²) < 4.78 is 5.72. The van der Waals surface area contributed by atoms with Crippen LogP contribution in [0.15, 0.2) is 18.3 Å². The van der Waals surface area contributed by atoms with Gasteiger partial charge in [-0.15, -0.1) is 0 Å². The first kappa shape index (κ1) is 12.2. The molecule has 1 aromatic heterocycles. The first-order valence-corrected chi connectivity index (χ1v) is 5.69. The highest BCUT2D eigenvalue weighted by molar-refractivity contribution is 5.65. The van der Waals surface area contributed by atoms with E-state index < -0.39 is 6.09 Å². The number of aromatic nitrogens is 1. The Morgan fingerprint density at radius 1 is 1.56 bits per heavy atom. The summed E-state index contributed by atoms with van der Waals surface area (Å²) >= 11 is 0. The van der Waals surface area contributed by atoms with E-state index in [0.29, 0.717) is 37.4 Å². The van der Waals surface area contributed by atoms with Crippen LogP contribution in [0.25, 0.3) is 0 Å². The van der Waals surface area contributed by atoms with Crippen molar-refractivity contribution in [2.24, 2.45) is 0 Å². The van der Waals surface area contributed by atoms with E-state index in [1.165, 1.54) is 11.1 Å². The largest absolute Gasteiger partial charge is 0.490 e. The van der Waals surface area contributed by atoms with Crippen molar-refractivity contribution in [1.82, 2.24) is 9.88 Å². The molecule has 1 amide bonds. The van der Waals surface area contributed by atoms with Crippen LogP contribution in [0.1, 0.15) is 18.5 Å². The highest BCUT2D eigenvalue weighted by Crippen LogP contribution is 2.19. The maximum atomic E-state index is 10.7. The van der Waals surface area contributed by atoms with Crippen molar-refractivity contribution in [3.05, 3.63) is 24.0 Å². The quantitative estimate of drug-likeness (QED) is 0.855. The lowest BCUT2D eigenvalue weighted by Crippen LogP contribution is -2.41. The van der Waals surface area contributed by atoms with Gasteiger partial charge in [-0.3, -0.25) is 0 Å². The third kappa shape index (κ3) is 2.88. The number of hydrogen-bond donors (Lipinski definition) is 1. The van der Waals surface area contributed by atoms with E-state index in [1.54, 1.807) is 12.1 Å². The van der Waals surface area contributed by atoms with E-state index in [9.17, 15) is 4.79 Å². The third-order valence-corrected chi connectivity index (χ3v) is 2.86. The number of carboxylic acid groups (broad SMARTS) is 1. The summed E-state index contributed by atoms with van der Waals surface area (Å²) in [6, 6.07) is 5.24. The summed E-state index contributed by atoms with van der Waals surface area (Å²) in [6.45, 7) is 0.965. The number of likely N-dealkylation sites (tertiary alicyclic amines) is 1. The molecule has 0 atom stereocenters. The molecular formula is C12H13N3O3. The Balaban J connectivity index is 1.91. The summed E-state index contributed by atoms with van der Waals surface area (Å²) in [5.74, 6) is 0.607. The maximum absolute atomic E-state index is 10.7. The molecule has 1 aromatic rings. The van der Waals surface area contributed by atoms with Crippen LogP contribution in [0.4, 0.5) is 4.79 Å². The second kappa shape index (κ2) is 5.36. The Kier molecular flexibility index (Phi) is 3.63. The molecule has 0 saturated carbocycles. The Hall–Kier alpha value is -2.29. The smallest absolute Gasteiger partial charge is 0.407 e. The van der Waals surface area contributed by atoms with Gasteiger partial charge in [-0.25, -0.2) is 9.78 Å². The number of amides is 1. The fraction of sp³-hybridized carbons (Fsp3) is 0.417. The van der Waals surface area contributed by atoms with Crippen LogP contribution in [-0.4, -0.2) is 40.3 Å². The minimum atomic E-state index is -0.885. The molecule has 0 spiro atoms. The minimum Gasteiger partial charge on any atom is -0.490 e. The van der Waals surface area contributed by atoms with Crippen LogP contribution in [0.2, 0.25) is 0 Å². The van der Waals surface area contributed by atoms with Gasteiger partial charge in [0, 0.05) is 38.2 Å². The second-order valence-corrected chi connectivity index (χ2v) is 4.08.